The van der Waals surface area contributed by atoms with E-state index in [1.54, 1.807) is 0 Å². The van der Waals surface area contributed by atoms with E-state index in [1.165, 1.54) is 18.4 Å². The number of carbonyl (C=O) groups excluding carboxylic acids is 1. The van der Waals surface area contributed by atoms with Crippen LogP contribution in [0.25, 0.3) is 0 Å². The summed E-state index contributed by atoms with van der Waals surface area (Å²) in [6.07, 6.45) is 6.67. The highest BCUT2D eigenvalue weighted by atomic mass is 16.5. The number of likely N-dealkylation sites (tertiary alicyclic amines) is 1. The third kappa shape index (κ3) is 6.56. The molecule has 0 aromatic carbocycles. The Kier molecular flexibility index (Phi) is 7.90. The van der Waals surface area contributed by atoms with E-state index in [2.05, 4.69) is 31.7 Å². The minimum atomic E-state index is 0.00348. The second-order valence-corrected chi connectivity index (χ2v) is 6.29. The monoisotopic (exact) mass is 281 g/mol. The number of allylic oxidation sites excluding steroid dienone is 2. The summed E-state index contributed by atoms with van der Waals surface area (Å²) < 4.78 is 5.11. The van der Waals surface area contributed by atoms with Crippen LogP contribution in [0.1, 0.15) is 53.4 Å². The smallest absolute Gasteiger partial charge is 0.309 e. The van der Waals surface area contributed by atoms with Crippen LogP contribution >= 0.6 is 0 Å². The zero-order chi connectivity index (χ0) is 15.0. The van der Waals surface area contributed by atoms with Crippen LogP contribution in [-0.4, -0.2) is 37.1 Å². The molecule has 3 nitrogen and oxygen atoms in total. The van der Waals surface area contributed by atoms with Crippen molar-refractivity contribution < 1.29 is 9.53 Å². The SMILES string of the molecule is CCOC(=O)C1CCN(CC(C)CCC=C(C)C)CC1. The molecule has 0 radical (unpaired) electrons. The minimum Gasteiger partial charge on any atom is -0.466 e. The number of hydrogen-bond acceptors (Lipinski definition) is 3. The summed E-state index contributed by atoms with van der Waals surface area (Å²) in [5, 5.41) is 0. The average Bonchev–Trinajstić information content (AvgIpc) is 2.39. The largest absolute Gasteiger partial charge is 0.466 e. The molecule has 20 heavy (non-hydrogen) atoms. The summed E-state index contributed by atoms with van der Waals surface area (Å²) in [7, 11) is 0. The standard InChI is InChI=1S/C17H31NO2/c1-5-20-17(19)16-9-11-18(12-10-16)13-15(4)8-6-7-14(2)3/h7,15-16H,5-6,8-13H2,1-4H3. The molecule has 3 heteroatoms. The highest BCUT2D eigenvalue weighted by Crippen LogP contribution is 2.20. The van der Waals surface area contributed by atoms with E-state index in [1.807, 2.05) is 6.92 Å². The van der Waals surface area contributed by atoms with E-state index in [0.717, 1.165) is 38.4 Å². The van der Waals surface area contributed by atoms with Gasteiger partial charge in [0, 0.05) is 6.54 Å². The zero-order valence-corrected chi connectivity index (χ0v) is 13.7. The van der Waals surface area contributed by atoms with E-state index in [-0.39, 0.29) is 11.9 Å². The maximum absolute atomic E-state index is 11.7. The number of nitrogens with zero attached hydrogens (tertiary/aromatic N) is 1. The molecule has 1 unspecified atom stereocenters. The van der Waals surface area contributed by atoms with Gasteiger partial charge in [-0.15, -0.1) is 0 Å². The second kappa shape index (κ2) is 9.17. The maximum atomic E-state index is 11.7. The van der Waals surface area contributed by atoms with Crippen molar-refractivity contribution >= 4 is 5.97 Å². The topological polar surface area (TPSA) is 29.5 Å². The van der Waals surface area contributed by atoms with Gasteiger partial charge in [0.2, 0.25) is 0 Å². The summed E-state index contributed by atoms with van der Waals surface area (Å²) >= 11 is 0. The lowest BCUT2D eigenvalue weighted by Gasteiger charge is -2.32. The number of esters is 1. The molecule has 0 aromatic heterocycles. The van der Waals surface area contributed by atoms with E-state index >= 15 is 0 Å². The van der Waals surface area contributed by atoms with Crippen molar-refractivity contribution in [2.75, 3.05) is 26.2 Å². The number of ether oxygens (including phenoxy) is 1. The van der Waals surface area contributed by atoms with Crippen LogP contribution in [0.4, 0.5) is 0 Å². The summed E-state index contributed by atoms with van der Waals surface area (Å²) in [4.78, 5) is 14.2. The lowest BCUT2D eigenvalue weighted by molar-refractivity contribution is -0.149. The van der Waals surface area contributed by atoms with Gasteiger partial charge in [-0.25, -0.2) is 0 Å². The van der Waals surface area contributed by atoms with Crippen molar-refractivity contribution in [1.82, 2.24) is 4.90 Å². The Morgan fingerprint density at radius 3 is 2.55 bits per heavy atom. The van der Waals surface area contributed by atoms with Gasteiger partial charge in [0.1, 0.15) is 0 Å². The van der Waals surface area contributed by atoms with Gasteiger partial charge in [-0.1, -0.05) is 18.6 Å². The van der Waals surface area contributed by atoms with Gasteiger partial charge in [-0.05, 0) is 65.5 Å². The first-order chi connectivity index (χ1) is 9.52. The molecular weight excluding hydrogens is 250 g/mol. The molecule has 0 saturated carbocycles. The van der Waals surface area contributed by atoms with Crippen LogP contribution in [0.5, 0.6) is 0 Å². The predicted molar refractivity (Wildman–Crippen MR) is 83.6 cm³/mol. The lowest BCUT2D eigenvalue weighted by Crippen LogP contribution is -2.39. The lowest BCUT2D eigenvalue weighted by atomic mass is 9.95. The summed E-state index contributed by atoms with van der Waals surface area (Å²) in [6.45, 7) is 12.3. The van der Waals surface area contributed by atoms with Crippen molar-refractivity contribution in [2.24, 2.45) is 11.8 Å². The molecule has 0 aliphatic carbocycles. The predicted octanol–water partition coefficient (Wildman–Crippen LogP) is 3.64. The van der Waals surface area contributed by atoms with Crippen molar-refractivity contribution in [3.63, 3.8) is 0 Å². The Morgan fingerprint density at radius 1 is 1.35 bits per heavy atom. The molecule has 0 spiro atoms. The average molecular weight is 281 g/mol. The van der Waals surface area contributed by atoms with Crippen molar-refractivity contribution in [1.29, 1.82) is 0 Å². The summed E-state index contributed by atoms with van der Waals surface area (Å²) in [5.41, 5.74) is 1.41. The van der Waals surface area contributed by atoms with Crippen LogP contribution in [-0.2, 0) is 9.53 Å². The van der Waals surface area contributed by atoms with Crippen LogP contribution in [0.15, 0.2) is 11.6 Å². The summed E-state index contributed by atoms with van der Waals surface area (Å²) in [6, 6.07) is 0. The fraction of sp³-hybridized carbons (Fsp3) is 0.824. The Bertz CT molecular complexity index is 313. The first-order valence-corrected chi connectivity index (χ1v) is 8.05. The molecule has 0 aromatic rings. The van der Waals surface area contributed by atoms with Crippen molar-refractivity contribution in [3.05, 3.63) is 11.6 Å². The minimum absolute atomic E-state index is 0.00348. The number of rotatable bonds is 7. The van der Waals surface area contributed by atoms with Crippen molar-refractivity contribution in [3.8, 4) is 0 Å². The third-order valence-electron chi connectivity index (χ3n) is 3.99. The van der Waals surface area contributed by atoms with Crippen molar-refractivity contribution in [2.45, 2.75) is 53.4 Å². The Morgan fingerprint density at radius 2 is 2.00 bits per heavy atom. The molecule has 1 aliphatic rings. The molecule has 116 valence electrons. The van der Waals surface area contributed by atoms with E-state index in [0.29, 0.717) is 6.61 Å². The quantitative estimate of drug-likeness (QED) is 0.527. The molecule has 1 heterocycles. The molecule has 1 aliphatic heterocycles. The van der Waals surface area contributed by atoms with Crippen LogP contribution < -0.4 is 0 Å². The van der Waals surface area contributed by atoms with Gasteiger partial charge in [0.05, 0.1) is 12.5 Å². The van der Waals surface area contributed by atoms with Crippen LogP contribution in [0, 0.1) is 11.8 Å². The Labute approximate surface area is 124 Å². The number of carbonyl (C=O) groups is 1. The molecule has 0 N–H and O–H groups in total. The molecule has 1 fully saturated rings. The zero-order valence-electron chi connectivity index (χ0n) is 13.7. The van der Waals surface area contributed by atoms with Gasteiger partial charge in [0.15, 0.2) is 0 Å². The second-order valence-electron chi connectivity index (χ2n) is 6.29. The summed E-state index contributed by atoms with van der Waals surface area (Å²) in [5.74, 6) is 0.862. The maximum Gasteiger partial charge on any atom is 0.309 e. The van der Waals surface area contributed by atoms with Crippen LogP contribution in [0.3, 0.4) is 0 Å². The van der Waals surface area contributed by atoms with Gasteiger partial charge >= 0.3 is 5.97 Å². The van der Waals surface area contributed by atoms with Gasteiger partial charge in [-0.2, -0.15) is 0 Å². The van der Waals surface area contributed by atoms with Gasteiger partial charge < -0.3 is 9.64 Å². The highest BCUT2D eigenvalue weighted by Gasteiger charge is 2.26. The molecular formula is C17H31NO2. The first kappa shape index (κ1) is 17.2. The van der Waals surface area contributed by atoms with Crippen LogP contribution in [0.2, 0.25) is 0 Å². The molecule has 1 saturated heterocycles. The van der Waals surface area contributed by atoms with E-state index < -0.39 is 0 Å². The number of piperidine rings is 1. The Balaban J connectivity index is 2.21. The van der Waals surface area contributed by atoms with E-state index in [4.69, 9.17) is 4.74 Å². The molecule has 1 rings (SSSR count). The fourth-order valence-corrected chi connectivity index (χ4v) is 2.80. The Hall–Kier alpha value is -0.830. The normalized spacial score (nSPS) is 18.6. The highest BCUT2D eigenvalue weighted by molar-refractivity contribution is 5.72. The van der Waals surface area contributed by atoms with Gasteiger partial charge in [0.25, 0.3) is 0 Å². The first-order valence-electron chi connectivity index (χ1n) is 8.05. The number of hydrogen-bond donors (Lipinski definition) is 0. The third-order valence-corrected chi connectivity index (χ3v) is 3.99. The molecule has 0 amide bonds. The fourth-order valence-electron chi connectivity index (χ4n) is 2.80. The molecule has 0 bridgehead atoms. The molecule has 1 atom stereocenters. The van der Waals surface area contributed by atoms with E-state index in [9.17, 15) is 4.79 Å². The van der Waals surface area contributed by atoms with Gasteiger partial charge in [-0.3, -0.25) is 4.79 Å².